The molecule has 0 unspecified atom stereocenters. The van der Waals surface area contributed by atoms with Gasteiger partial charge in [0.15, 0.2) is 0 Å². The molecule has 114 valence electrons. The minimum absolute atomic E-state index is 0.191. The van der Waals surface area contributed by atoms with E-state index < -0.39 is 0 Å². The van der Waals surface area contributed by atoms with Crippen LogP contribution < -0.4 is 10.2 Å². The maximum absolute atomic E-state index is 11.7. The van der Waals surface area contributed by atoms with Crippen LogP contribution >= 0.6 is 0 Å². The monoisotopic (exact) mass is 289 g/mol. The van der Waals surface area contributed by atoms with Gasteiger partial charge in [-0.25, -0.2) is 4.79 Å². The number of anilines is 2. The molecule has 0 atom stereocenters. The Balaban J connectivity index is 1.63. The molecule has 2 heterocycles. The van der Waals surface area contributed by atoms with Gasteiger partial charge in [0.1, 0.15) is 0 Å². The molecule has 0 aromatic heterocycles. The number of nitrogens with one attached hydrogen (secondary N) is 1. The number of rotatable bonds is 2. The summed E-state index contributed by atoms with van der Waals surface area (Å²) in [5.41, 5.74) is 3.92. The lowest BCUT2D eigenvalue weighted by atomic mass is 10.0. The van der Waals surface area contributed by atoms with Gasteiger partial charge in [0.2, 0.25) is 0 Å². The summed E-state index contributed by atoms with van der Waals surface area (Å²) in [7, 11) is 0. The highest BCUT2D eigenvalue weighted by Gasteiger charge is 2.22. The molecule has 1 saturated heterocycles. The fraction of sp³-hybridized carbons (Fsp3) is 0.562. The molecule has 0 aliphatic carbocycles. The number of benzene rings is 1. The molecule has 1 fully saturated rings. The Morgan fingerprint density at radius 1 is 1.29 bits per heavy atom. The Hall–Kier alpha value is -1.91. The Morgan fingerprint density at radius 2 is 2.10 bits per heavy atom. The van der Waals surface area contributed by atoms with Gasteiger partial charge in [0, 0.05) is 44.1 Å². The number of ether oxygens (including phenoxy) is 1. The van der Waals surface area contributed by atoms with Crippen molar-refractivity contribution in [3.63, 3.8) is 0 Å². The van der Waals surface area contributed by atoms with Gasteiger partial charge in [0.25, 0.3) is 0 Å². The first kappa shape index (κ1) is 14.0. The van der Waals surface area contributed by atoms with Gasteiger partial charge in [0.05, 0.1) is 6.61 Å². The lowest BCUT2D eigenvalue weighted by molar-refractivity contribution is 0.105. The van der Waals surface area contributed by atoms with Gasteiger partial charge in [-0.05, 0) is 37.5 Å². The lowest BCUT2D eigenvalue weighted by Gasteiger charge is -2.36. The highest BCUT2D eigenvalue weighted by atomic mass is 16.6. The highest BCUT2D eigenvalue weighted by Crippen LogP contribution is 2.28. The molecule has 5 heteroatoms. The number of carbonyl (C=O) groups is 1. The topological polar surface area (TPSA) is 44.8 Å². The maximum Gasteiger partial charge on any atom is 0.409 e. The van der Waals surface area contributed by atoms with Gasteiger partial charge in [-0.2, -0.15) is 0 Å². The number of aryl methyl sites for hydroxylation is 1. The molecule has 0 bridgehead atoms. The average Bonchev–Trinajstić information content (AvgIpc) is 2.55. The third-order valence-corrected chi connectivity index (χ3v) is 4.20. The fourth-order valence-electron chi connectivity index (χ4n) is 3.01. The first-order valence-electron chi connectivity index (χ1n) is 7.81. The van der Waals surface area contributed by atoms with Crippen LogP contribution in [0.5, 0.6) is 0 Å². The van der Waals surface area contributed by atoms with Crippen molar-refractivity contribution >= 4 is 17.5 Å². The fourth-order valence-corrected chi connectivity index (χ4v) is 3.01. The van der Waals surface area contributed by atoms with E-state index >= 15 is 0 Å². The molecule has 21 heavy (non-hydrogen) atoms. The molecular weight excluding hydrogens is 266 g/mol. The van der Waals surface area contributed by atoms with Crippen LogP contribution in [-0.2, 0) is 11.2 Å². The summed E-state index contributed by atoms with van der Waals surface area (Å²) in [5, 5.41) is 3.47. The van der Waals surface area contributed by atoms with Crippen LogP contribution in [0.3, 0.4) is 0 Å². The van der Waals surface area contributed by atoms with Crippen LogP contribution in [0.25, 0.3) is 0 Å². The largest absolute Gasteiger partial charge is 0.450 e. The molecule has 1 aromatic carbocycles. The summed E-state index contributed by atoms with van der Waals surface area (Å²) in [4.78, 5) is 15.8. The average molecular weight is 289 g/mol. The Bertz CT molecular complexity index is 510. The van der Waals surface area contributed by atoms with E-state index in [1.54, 1.807) is 4.90 Å². The van der Waals surface area contributed by atoms with Crippen LogP contribution in [0.2, 0.25) is 0 Å². The third kappa shape index (κ3) is 3.06. The van der Waals surface area contributed by atoms with Crippen LogP contribution in [0.15, 0.2) is 18.2 Å². The summed E-state index contributed by atoms with van der Waals surface area (Å²) in [5.74, 6) is 0. The number of amides is 1. The number of piperazine rings is 1. The van der Waals surface area contributed by atoms with Crippen LogP contribution in [0.1, 0.15) is 18.9 Å². The third-order valence-electron chi connectivity index (χ3n) is 4.20. The van der Waals surface area contributed by atoms with E-state index in [9.17, 15) is 4.79 Å². The van der Waals surface area contributed by atoms with E-state index in [1.807, 2.05) is 6.92 Å². The second kappa shape index (κ2) is 6.24. The molecule has 0 saturated carbocycles. The molecule has 0 radical (unpaired) electrons. The SMILES string of the molecule is CCOC(=O)N1CCN(c2ccc3c(c2)NCCC3)CC1. The van der Waals surface area contributed by atoms with Crippen molar-refractivity contribution in [2.24, 2.45) is 0 Å². The van der Waals surface area contributed by atoms with Crippen molar-refractivity contribution in [3.05, 3.63) is 23.8 Å². The van der Waals surface area contributed by atoms with Crippen LogP contribution in [-0.4, -0.2) is 50.3 Å². The minimum Gasteiger partial charge on any atom is -0.450 e. The lowest BCUT2D eigenvalue weighted by Crippen LogP contribution is -2.49. The summed E-state index contributed by atoms with van der Waals surface area (Å²) < 4.78 is 5.06. The number of hydrogen-bond acceptors (Lipinski definition) is 4. The Labute approximate surface area is 125 Å². The molecule has 0 spiro atoms. The van der Waals surface area contributed by atoms with Gasteiger partial charge < -0.3 is 19.9 Å². The van der Waals surface area contributed by atoms with Crippen molar-refractivity contribution in [2.45, 2.75) is 19.8 Å². The summed E-state index contributed by atoms with van der Waals surface area (Å²) in [6.45, 7) is 6.51. The molecular formula is C16H23N3O2. The summed E-state index contributed by atoms with van der Waals surface area (Å²) in [6.07, 6.45) is 2.19. The van der Waals surface area contributed by atoms with Crippen molar-refractivity contribution in [1.29, 1.82) is 0 Å². The Kier molecular flexibility index (Phi) is 4.18. The normalized spacial score (nSPS) is 18.0. The molecule has 2 aliphatic rings. The van der Waals surface area contributed by atoms with E-state index in [0.717, 1.165) is 32.7 Å². The Morgan fingerprint density at radius 3 is 2.86 bits per heavy atom. The first-order valence-corrected chi connectivity index (χ1v) is 7.81. The van der Waals surface area contributed by atoms with Crippen LogP contribution in [0, 0.1) is 0 Å². The van der Waals surface area contributed by atoms with E-state index in [2.05, 4.69) is 28.4 Å². The minimum atomic E-state index is -0.191. The predicted molar refractivity (Wildman–Crippen MR) is 84.1 cm³/mol. The second-order valence-electron chi connectivity index (χ2n) is 5.54. The van der Waals surface area contributed by atoms with E-state index in [1.165, 1.54) is 29.8 Å². The van der Waals surface area contributed by atoms with Gasteiger partial charge in [-0.1, -0.05) is 6.07 Å². The van der Waals surface area contributed by atoms with Crippen molar-refractivity contribution in [2.75, 3.05) is 49.5 Å². The highest BCUT2D eigenvalue weighted by molar-refractivity contribution is 5.68. The zero-order chi connectivity index (χ0) is 14.7. The van der Waals surface area contributed by atoms with Gasteiger partial charge in [-0.3, -0.25) is 0 Å². The molecule has 3 rings (SSSR count). The summed E-state index contributed by atoms with van der Waals surface area (Å²) in [6, 6.07) is 6.68. The molecule has 1 amide bonds. The van der Waals surface area contributed by atoms with Crippen LogP contribution in [0.4, 0.5) is 16.2 Å². The number of carbonyl (C=O) groups excluding carboxylic acids is 1. The van der Waals surface area contributed by atoms with E-state index in [-0.39, 0.29) is 6.09 Å². The standard InChI is InChI=1S/C16H23N3O2/c1-2-21-16(20)19-10-8-18(9-11-19)14-6-5-13-4-3-7-17-15(13)12-14/h5-6,12,17H,2-4,7-11H2,1H3. The molecule has 2 aliphatic heterocycles. The number of nitrogens with zero attached hydrogens (tertiary/aromatic N) is 2. The zero-order valence-electron chi connectivity index (χ0n) is 12.6. The number of fused-ring (bicyclic) bond motifs is 1. The quantitative estimate of drug-likeness (QED) is 0.907. The second-order valence-corrected chi connectivity index (χ2v) is 5.54. The van der Waals surface area contributed by atoms with Crippen molar-refractivity contribution in [1.82, 2.24) is 4.90 Å². The van der Waals surface area contributed by atoms with Crippen molar-refractivity contribution in [3.8, 4) is 0 Å². The molecule has 1 N–H and O–H groups in total. The molecule has 1 aromatic rings. The van der Waals surface area contributed by atoms with Gasteiger partial charge in [-0.15, -0.1) is 0 Å². The summed E-state index contributed by atoms with van der Waals surface area (Å²) >= 11 is 0. The first-order chi connectivity index (χ1) is 10.3. The van der Waals surface area contributed by atoms with Gasteiger partial charge >= 0.3 is 6.09 Å². The molecule has 5 nitrogen and oxygen atoms in total. The van der Waals surface area contributed by atoms with E-state index in [4.69, 9.17) is 4.74 Å². The van der Waals surface area contributed by atoms with Crippen molar-refractivity contribution < 1.29 is 9.53 Å². The number of hydrogen-bond donors (Lipinski definition) is 1. The maximum atomic E-state index is 11.7. The smallest absolute Gasteiger partial charge is 0.409 e. The zero-order valence-corrected chi connectivity index (χ0v) is 12.6. The predicted octanol–water partition coefficient (Wildman–Crippen LogP) is 2.32. The van der Waals surface area contributed by atoms with E-state index in [0.29, 0.717) is 6.61 Å².